The third-order valence-corrected chi connectivity index (χ3v) is 3.56. The van der Waals surface area contributed by atoms with Crippen molar-refractivity contribution in [2.45, 2.75) is 26.4 Å². The number of nitrogens with zero attached hydrogens (tertiary/aromatic N) is 3. The van der Waals surface area contributed by atoms with E-state index in [0.29, 0.717) is 0 Å². The SMILES string of the molecule is Cc1ccc(CNCCCn2cnc3ccccc32)nc1. The number of aryl methyl sites for hydroxylation is 2. The summed E-state index contributed by atoms with van der Waals surface area (Å²) in [6, 6.07) is 12.4. The summed E-state index contributed by atoms with van der Waals surface area (Å²) in [4.78, 5) is 8.79. The zero-order valence-electron chi connectivity index (χ0n) is 12.3. The molecular formula is C17H20N4. The monoisotopic (exact) mass is 280 g/mol. The minimum absolute atomic E-state index is 0.824. The molecule has 4 nitrogen and oxygen atoms in total. The molecule has 0 atom stereocenters. The highest BCUT2D eigenvalue weighted by molar-refractivity contribution is 5.74. The number of hydrogen-bond donors (Lipinski definition) is 1. The first-order valence-corrected chi connectivity index (χ1v) is 7.35. The lowest BCUT2D eigenvalue weighted by Crippen LogP contribution is -2.17. The molecule has 21 heavy (non-hydrogen) atoms. The Kier molecular flexibility index (Phi) is 4.26. The van der Waals surface area contributed by atoms with Gasteiger partial charge in [0.25, 0.3) is 0 Å². The zero-order valence-corrected chi connectivity index (χ0v) is 12.3. The van der Waals surface area contributed by atoms with Crippen molar-refractivity contribution in [2.75, 3.05) is 6.54 Å². The Morgan fingerprint density at radius 2 is 2.00 bits per heavy atom. The van der Waals surface area contributed by atoms with Gasteiger partial charge >= 0.3 is 0 Å². The summed E-state index contributed by atoms with van der Waals surface area (Å²) in [6.45, 7) is 4.83. The van der Waals surface area contributed by atoms with E-state index in [4.69, 9.17) is 0 Å². The third kappa shape index (κ3) is 3.47. The average Bonchev–Trinajstić information content (AvgIpc) is 2.92. The van der Waals surface area contributed by atoms with Crippen LogP contribution in [-0.2, 0) is 13.1 Å². The average molecular weight is 280 g/mol. The van der Waals surface area contributed by atoms with E-state index in [9.17, 15) is 0 Å². The first-order chi connectivity index (χ1) is 10.3. The molecule has 4 heteroatoms. The molecule has 0 saturated heterocycles. The van der Waals surface area contributed by atoms with Crippen LogP contribution < -0.4 is 5.32 Å². The molecule has 0 unspecified atom stereocenters. The predicted molar refractivity (Wildman–Crippen MR) is 85.0 cm³/mol. The largest absolute Gasteiger partial charge is 0.331 e. The number of pyridine rings is 1. The van der Waals surface area contributed by atoms with Crippen molar-refractivity contribution in [2.24, 2.45) is 0 Å². The fourth-order valence-corrected chi connectivity index (χ4v) is 2.38. The lowest BCUT2D eigenvalue weighted by atomic mass is 10.3. The second kappa shape index (κ2) is 6.50. The molecule has 0 radical (unpaired) electrons. The van der Waals surface area contributed by atoms with Crippen LogP contribution >= 0.6 is 0 Å². The molecular weight excluding hydrogens is 260 g/mol. The highest BCUT2D eigenvalue weighted by Crippen LogP contribution is 2.11. The Bertz CT molecular complexity index is 700. The number of nitrogens with one attached hydrogen (secondary N) is 1. The molecule has 0 fully saturated rings. The second-order valence-electron chi connectivity index (χ2n) is 5.28. The van der Waals surface area contributed by atoms with Crippen LogP contribution in [0, 0.1) is 6.92 Å². The molecule has 1 aromatic carbocycles. The van der Waals surface area contributed by atoms with Gasteiger partial charge in [0.2, 0.25) is 0 Å². The molecule has 0 spiro atoms. The summed E-state index contributed by atoms with van der Waals surface area (Å²) < 4.78 is 2.21. The summed E-state index contributed by atoms with van der Waals surface area (Å²) in [7, 11) is 0. The first-order valence-electron chi connectivity index (χ1n) is 7.35. The summed E-state index contributed by atoms with van der Waals surface area (Å²) in [5.41, 5.74) is 4.56. The van der Waals surface area contributed by atoms with E-state index in [-0.39, 0.29) is 0 Å². The minimum Gasteiger partial charge on any atom is -0.331 e. The number of rotatable bonds is 6. The Morgan fingerprint density at radius 1 is 1.10 bits per heavy atom. The van der Waals surface area contributed by atoms with Crippen molar-refractivity contribution in [3.63, 3.8) is 0 Å². The fourth-order valence-electron chi connectivity index (χ4n) is 2.38. The van der Waals surface area contributed by atoms with Gasteiger partial charge in [0.05, 0.1) is 23.1 Å². The van der Waals surface area contributed by atoms with Crippen molar-refractivity contribution in [3.8, 4) is 0 Å². The number of para-hydroxylation sites is 2. The topological polar surface area (TPSA) is 42.7 Å². The number of aromatic nitrogens is 3. The molecule has 0 saturated carbocycles. The van der Waals surface area contributed by atoms with Crippen LogP contribution in [0.25, 0.3) is 11.0 Å². The van der Waals surface area contributed by atoms with Crippen molar-refractivity contribution >= 4 is 11.0 Å². The molecule has 0 aliphatic heterocycles. The quantitative estimate of drug-likeness (QED) is 0.706. The van der Waals surface area contributed by atoms with Crippen molar-refractivity contribution in [1.82, 2.24) is 19.9 Å². The van der Waals surface area contributed by atoms with Gasteiger partial charge < -0.3 is 9.88 Å². The van der Waals surface area contributed by atoms with Crippen LogP contribution in [0.2, 0.25) is 0 Å². The molecule has 0 aliphatic rings. The first kappa shape index (κ1) is 13.8. The maximum absolute atomic E-state index is 4.41. The van der Waals surface area contributed by atoms with Crippen molar-refractivity contribution < 1.29 is 0 Å². The molecule has 0 aliphatic carbocycles. The van der Waals surface area contributed by atoms with Crippen molar-refractivity contribution in [1.29, 1.82) is 0 Å². The van der Waals surface area contributed by atoms with Crippen LogP contribution in [0.4, 0.5) is 0 Å². The van der Waals surface area contributed by atoms with Gasteiger partial charge in [0.15, 0.2) is 0 Å². The zero-order chi connectivity index (χ0) is 14.5. The normalized spacial score (nSPS) is 11.1. The van der Waals surface area contributed by atoms with Gasteiger partial charge in [0.1, 0.15) is 0 Å². The lowest BCUT2D eigenvalue weighted by Gasteiger charge is -2.06. The molecule has 108 valence electrons. The summed E-state index contributed by atoms with van der Waals surface area (Å²) >= 11 is 0. The molecule has 0 amide bonds. The van der Waals surface area contributed by atoms with E-state index in [1.807, 2.05) is 24.7 Å². The van der Waals surface area contributed by atoms with E-state index in [1.54, 1.807) is 0 Å². The standard InChI is InChI=1S/C17H20N4/c1-14-7-8-15(19-11-14)12-18-9-4-10-21-13-20-16-5-2-3-6-17(16)21/h2-3,5-8,11,13,18H,4,9-10,12H2,1H3. The van der Waals surface area contributed by atoms with Gasteiger partial charge in [-0.05, 0) is 43.7 Å². The molecule has 1 N–H and O–H groups in total. The molecule has 2 heterocycles. The van der Waals surface area contributed by atoms with Gasteiger partial charge in [-0.25, -0.2) is 4.98 Å². The van der Waals surface area contributed by atoms with Gasteiger partial charge in [-0.1, -0.05) is 18.2 Å². The summed E-state index contributed by atoms with van der Waals surface area (Å²) in [5.74, 6) is 0. The molecule has 3 aromatic rings. The van der Waals surface area contributed by atoms with E-state index < -0.39 is 0 Å². The van der Waals surface area contributed by atoms with E-state index in [1.165, 1.54) is 11.1 Å². The fraction of sp³-hybridized carbons (Fsp3) is 0.294. The maximum atomic E-state index is 4.41. The Labute approximate surface area is 124 Å². The Hall–Kier alpha value is -2.20. The molecule has 0 bridgehead atoms. The lowest BCUT2D eigenvalue weighted by molar-refractivity contribution is 0.584. The van der Waals surface area contributed by atoms with Crippen LogP contribution in [0.1, 0.15) is 17.7 Å². The van der Waals surface area contributed by atoms with E-state index in [0.717, 1.165) is 37.3 Å². The predicted octanol–water partition coefficient (Wildman–Crippen LogP) is 2.92. The van der Waals surface area contributed by atoms with Gasteiger partial charge in [0, 0.05) is 19.3 Å². The van der Waals surface area contributed by atoms with Crippen LogP contribution in [0.3, 0.4) is 0 Å². The van der Waals surface area contributed by atoms with Gasteiger partial charge in [-0.15, -0.1) is 0 Å². The second-order valence-corrected chi connectivity index (χ2v) is 5.28. The number of benzene rings is 1. The summed E-state index contributed by atoms with van der Waals surface area (Å²) in [5, 5.41) is 3.44. The maximum Gasteiger partial charge on any atom is 0.0958 e. The smallest absolute Gasteiger partial charge is 0.0958 e. The third-order valence-electron chi connectivity index (χ3n) is 3.56. The van der Waals surface area contributed by atoms with E-state index in [2.05, 4.69) is 51.0 Å². The Morgan fingerprint density at radius 3 is 2.86 bits per heavy atom. The highest BCUT2D eigenvalue weighted by Gasteiger charge is 2.00. The van der Waals surface area contributed by atoms with Gasteiger partial charge in [-0.3, -0.25) is 4.98 Å². The number of hydrogen-bond acceptors (Lipinski definition) is 3. The number of imidazole rings is 1. The molecule has 3 rings (SSSR count). The number of fused-ring (bicyclic) bond motifs is 1. The van der Waals surface area contributed by atoms with Gasteiger partial charge in [-0.2, -0.15) is 0 Å². The van der Waals surface area contributed by atoms with Crippen molar-refractivity contribution in [3.05, 3.63) is 60.2 Å². The molecule has 2 aromatic heterocycles. The van der Waals surface area contributed by atoms with Crippen LogP contribution in [-0.4, -0.2) is 21.1 Å². The van der Waals surface area contributed by atoms with Crippen LogP contribution in [0.5, 0.6) is 0 Å². The Balaban J connectivity index is 1.45. The van der Waals surface area contributed by atoms with E-state index >= 15 is 0 Å². The highest BCUT2D eigenvalue weighted by atomic mass is 15.0. The van der Waals surface area contributed by atoms with Crippen LogP contribution in [0.15, 0.2) is 48.9 Å². The summed E-state index contributed by atoms with van der Waals surface area (Å²) in [6.07, 6.45) is 4.91. The minimum atomic E-state index is 0.824.